The monoisotopic (exact) mass is 437 g/mol. The van der Waals surface area contributed by atoms with Gasteiger partial charge in [0.25, 0.3) is 0 Å². The van der Waals surface area contributed by atoms with Gasteiger partial charge < -0.3 is 4.57 Å². The summed E-state index contributed by atoms with van der Waals surface area (Å²) in [6.45, 7) is 0. The standard InChI is InChI=1S/C28H17Cl2N/c29-19-14-15-21(24(30)17-19)22-11-6-7-18-13-16-26-28(27(18)22)23-10-4-5-12-25(23)31(26)20-8-2-1-3-9-20/h1-17H. The van der Waals surface area contributed by atoms with Gasteiger partial charge in [0.15, 0.2) is 0 Å². The second-order valence-corrected chi connectivity index (χ2v) is 8.52. The molecule has 0 saturated carbocycles. The Labute approximate surface area is 190 Å². The first kappa shape index (κ1) is 18.5. The average molecular weight is 438 g/mol. The first-order valence-corrected chi connectivity index (χ1v) is 10.9. The van der Waals surface area contributed by atoms with E-state index in [9.17, 15) is 0 Å². The van der Waals surface area contributed by atoms with Gasteiger partial charge in [-0.3, -0.25) is 0 Å². The summed E-state index contributed by atoms with van der Waals surface area (Å²) in [5.41, 5.74) is 5.61. The summed E-state index contributed by atoms with van der Waals surface area (Å²) in [5.74, 6) is 0. The van der Waals surface area contributed by atoms with Gasteiger partial charge in [-0.05, 0) is 52.7 Å². The molecule has 31 heavy (non-hydrogen) atoms. The van der Waals surface area contributed by atoms with Gasteiger partial charge >= 0.3 is 0 Å². The molecule has 0 aliphatic carbocycles. The summed E-state index contributed by atoms with van der Waals surface area (Å²) in [6.07, 6.45) is 0. The van der Waals surface area contributed by atoms with E-state index in [1.54, 1.807) is 0 Å². The molecule has 0 fully saturated rings. The van der Waals surface area contributed by atoms with E-state index in [1.165, 1.54) is 32.6 Å². The molecule has 0 atom stereocenters. The molecule has 1 heterocycles. The van der Waals surface area contributed by atoms with Crippen LogP contribution in [0.5, 0.6) is 0 Å². The largest absolute Gasteiger partial charge is 0.309 e. The first-order valence-electron chi connectivity index (χ1n) is 10.2. The topological polar surface area (TPSA) is 4.93 Å². The number of para-hydroxylation sites is 2. The van der Waals surface area contributed by atoms with Crippen LogP contribution in [0.1, 0.15) is 0 Å². The zero-order valence-electron chi connectivity index (χ0n) is 16.5. The molecule has 0 aliphatic heterocycles. The van der Waals surface area contributed by atoms with Gasteiger partial charge in [-0.2, -0.15) is 0 Å². The van der Waals surface area contributed by atoms with E-state index in [2.05, 4.69) is 83.4 Å². The lowest BCUT2D eigenvalue weighted by atomic mass is 9.94. The van der Waals surface area contributed by atoms with Crippen LogP contribution in [0.25, 0.3) is 49.4 Å². The van der Waals surface area contributed by atoms with Crippen molar-refractivity contribution in [1.82, 2.24) is 4.57 Å². The fraction of sp³-hybridized carbons (Fsp3) is 0. The van der Waals surface area contributed by atoms with Gasteiger partial charge in [-0.1, -0.05) is 89.9 Å². The number of hydrogen-bond acceptors (Lipinski definition) is 0. The van der Waals surface area contributed by atoms with E-state index in [0.29, 0.717) is 10.0 Å². The second-order valence-electron chi connectivity index (χ2n) is 7.68. The molecule has 148 valence electrons. The summed E-state index contributed by atoms with van der Waals surface area (Å²) in [5, 5.41) is 6.15. The molecule has 0 unspecified atom stereocenters. The Morgan fingerprint density at radius 3 is 2.19 bits per heavy atom. The third kappa shape index (κ3) is 2.85. The Morgan fingerprint density at radius 1 is 0.548 bits per heavy atom. The number of rotatable bonds is 2. The van der Waals surface area contributed by atoms with Crippen molar-refractivity contribution in [3.63, 3.8) is 0 Å². The fourth-order valence-electron chi connectivity index (χ4n) is 4.62. The van der Waals surface area contributed by atoms with Gasteiger partial charge in [-0.15, -0.1) is 0 Å². The average Bonchev–Trinajstić information content (AvgIpc) is 3.14. The number of nitrogens with zero attached hydrogens (tertiary/aromatic N) is 1. The van der Waals surface area contributed by atoms with Crippen molar-refractivity contribution in [2.24, 2.45) is 0 Å². The highest BCUT2D eigenvalue weighted by Gasteiger charge is 2.17. The smallest absolute Gasteiger partial charge is 0.0547 e. The highest BCUT2D eigenvalue weighted by atomic mass is 35.5. The zero-order valence-corrected chi connectivity index (χ0v) is 18.0. The third-order valence-electron chi connectivity index (χ3n) is 5.91. The molecule has 0 bridgehead atoms. The highest BCUT2D eigenvalue weighted by Crippen LogP contribution is 2.42. The van der Waals surface area contributed by atoms with Crippen molar-refractivity contribution < 1.29 is 0 Å². The Kier molecular flexibility index (Phi) is 4.27. The van der Waals surface area contributed by atoms with Crippen LogP contribution in [0, 0.1) is 0 Å². The van der Waals surface area contributed by atoms with E-state index >= 15 is 0 Å². The zero-order chi connectivity index (χ0) is 20.9. The quantitative estimate of drug-likeness (QED) is 0.254. The summed E-state index contributed by atoms with van der Waals surface area (Å²) in [7, 11) is 0. The summed E-state index contributed by atoms with van der Waals surface area (Å²) >= 11 is 12.8. The van der Waals surface area contributed by atoms with Crippen LogP contribution in [0.2, 0.25) is 10.0 Å². The Hall–Kier alpha value is -3.26. The fourth-order valence-corrected chi connectivity index (χ4v) is 5.13. The summed E-state index contributed by atoms with van der Waals surface area (Å²) < 4.78 is 2.34. The Bertz CT molecular complexity index is 1600. The van der Waals surface area contributed by atoms with Crippen LogP contribution in [0.4, 0.5) is 0 Å². The van der Waals surface area contributed by atoms with Crippen molar-refractivity contribution in [1.29, 1.82) is 0 Å². The Balaban J connectivity index is 1.83. The molecular weight excluding hydrogens is 421 g/mol. The molecule has 0 N–H and O–H groups in total. The predicted octanol–water partition coefficient (Wildman–Crippen LogP) is 8.91. The van der Waals surface area contributed by atoms with Gasteiger partial charge in [-0.25, -0.2) is 0 Å². The maximum absolute atomic E-state index is 6.65. The van der Waals surface area contributed by atoms with E-state index in [-0.39, 0.29) is 0 Å². The van der Waals surface area contributed by atoms with Crippen molar-refractivity contribution in [2.75, 3.05) is 0 Å². The molecule has 3 heteroatoms. The van der Waals surface area contributed by atoms with E-state index in [4.69, 9.17) is 23.2 Å². The van der Waals surface area contributed by atoms with Crippen LogP contribution in [-0.2, 0) is 0 Å². The first-order chi connectivity index (χ1) is 15.2. The predicted molar refractivity (Wildman–Crippen MR) is 134 cm³/mol. The number of fused-ring (bicyclic) bond motifs is 5. The van der Waals surface area contributed by atoms with Crippen LogP contribution in [-0.4, -0.2) is 4.57 Å². The van der Waals surface area contributed by atoms with E-state index < -0.39 is 0 Å². The lowest BCUT2D eigenvalue weighted by Crippen LogP contribution is -1.93. The lowest BCUT2D eigenvalue weighted by molar-refractivity contribution is 1.18. The van der Waals surface area contributed by atoms with Crippen molar-refractivity contribution in [3.8, 4) is 16.8 Å². The molecule has 1 aromatic heterocycles. The summed E-state index contributed by atoms with van der Waals surface area (Å²) in [6, 6.07) is 35.6. The number of halogens is 2. The molecule has 6 aromatic rings. The van der Waals surface area contributed by atoms with Gasteiger partial charge in [0.05, 0.1) is 11.0 Å². The van der Waals surface area contributed by atoms with Gasteiger partial charge in [0.1, 0.15) is 0 Å². The van der Waals surface area contributed by atoms with Crippen LogP contribution in [0.3, 0.4) is 0 Å². The summed E-state index contributed by atoms with van der Waals surface area (Å²) in [4.78, 5) is 0. The number of hydrogen-bond donors (Lipinski definition) is 0. The number of aromatic nitrogens is 1. The van der Waals surface area contributed by atoms with Crippen molar-refractivity contribution in [2.45, 2.75) is 0 Å². The SMILES string of the molecule is Clc1ccc(-c2cccc3ccc4c(c5ccccc5n4-c4ccccc4)c23)c(Cl)c1. The Morgan fingerprint density at radius 2 is 1.35 bits per heavy atom. The van der Waals surface area contributed by atoms with Gasteiger partial charge in [0.2, 0.25) is 0 Å². The van der Waals surface area contributed by atoms with Crippen LogP contribution < -0.4 is 0 Å². The minimum Gasteiger partial charge on any atom is -0.309 e. The maximum Gasteiger partial charge on any atom is 0.0547 e. The van der Waals surface area contributed by atoms with Crippen LogP contribution >= 0.6 is 23.2 Å². The normalized spacial score (nSPS) is 11.5. The molecular formula is C28H17Cl2N. The minimum absolute atomic E-state index is 0.639. The van der Waals surface area contributed by atoms with Gasteiger partial charge in [0, 0.05) is 32.1 Å². The van der Waals surface area contributed by atoms with Crippen molar-refractivity contribution in [3.05, 3.63) is 113 Å². The molecule has 0 saturated heterocycles. The molecule has 1 nitrogen and oxygen atoms in total. The lowest BCUT2D eigenvalue weighted by Gasteiger charge is -2.12. The third-order valence-corrected chi connectivity index (χ3v) is 6.46. The minimum atomic E-state index is 0.639. The molecule has 6 rings (SSSR count). The molecule has 0 spiro atoms. The molecule has 5 aromatic carbocycles. The molecule has 0 amide bonds. The maximum atomic E-state index is 6.65. The van der Waals surface area contributed by atoms with E-state index in [1.807, 2.05) is 24.3 Å². The van der Waals surface area contributed by atoms with E-state index in [0.717, 1.165) is 16.8 Å². The van der Waals surface area contributed by atoms with Crippen LogP contribution in [0.15, 0.2) is 103 Å². The van der Waals surface area contributed by atoms with Crippen molar-refractivity contribution >= 4 is 55.8 Å². The molecule has 0 radical (unpaired) electrons. The molecule has 0 aliphatic rings. The number of benzene rings is 5. The highest BCUT2D eigenvalue weighted by molar-refractivity contribution is 6.37. The second kappa shape index (κ2) is 7.16.